The van der Waals surface area contributed by atoms with Gasteiger partial charge >= 0.3 is 0 Å². The number of likely N-dealkylation sites (tertiary alicyclic amines) is 1. The minimum absolute atomic E-state index is 0.0644. The molecule has 1 unspecified atom stereocenters. The summed E-state index contributed by atoms with van der Waals surface area (Å²) in [5.41, 5.74) is 0.581. The lowest BCUT2D eigenvalue weighted by atomic mass is 10.1. The van der Waals surface area contributed by atoms with E-state index in [0.29, 0.717) is 17.6 Å². The maximum Gasteiger partial charge on any atom is 0.272 e. The third kappa shape index (κ3) is 2.38. The largest absolute Gasteiger partial charge is 0.334 e. The van der Waals surface area contributed by atoms with Gasteiger partial charge in [0.15, 0.2) is 0 Å². The number of hydrogen-bond donors (Lipinski definition) is 1. The summed E-state index contributed by atoms with van der Waals surface area (Å²) < 4.78 is 0. The van der Waals surface area contributed by atoms with Gasteiger partial charge in [-0.1, -0.05) is 0 Å². The molecule has 0 saturated carbocycles. The molecular weight excluding hydrogens is 226 g/mol. The van der Waals surface area contributed by atoms with Crippen LogP contribution in [0, 0.1) is 0 Å². The van der Waals surface area contributed by atoms with Crippen molar-refractivity contribution in [1.29, 1.82) is 0 Å². The van der Waals surface area contributed by atoms with Crippen molar-refractivity contribution < 1.29 is 4.79 Å². The molecule has 0 aromatic carbocycles. The first-order chi connectivity index (χ1) is 7.83. The fourth-order valence-electron chi connectivity index (χ4n) is 2.25. The maximum atomic E-state index is 12.1. The Balaban J connectivity index is 1.99. The highest BCUT2D eigenvalue weighted by Crippen LogP contribution is 2.23. The van der Waals surface area contributed by atoms with E-state index >= 15 is 0 Å². The number of nitrogens with one attached hydrogen (secondary N) is 1. The average Bonchev–Trinajstić information content (AvgIpc) is 2.96. The Kier molecular flexibility index (Phi) is 3.83. The molecular formula is C11H16ClN3O. The van der Waals surface area contributed by atoms with E-state index in [9.17, 15) is 4.79 Å². The number of rotatable bonds is 4. The predicted molar refractivity (Wildman–Crippen MR) is 62.6 cm³/mol. The van der Waals surface area contributed by atoms with Crippen molar-refractivity contribution in [2.24, 2.45) is 0 Å². The first-order valence-electron chi connectivity index (χ1n) is 5.69. The van der Waals surface area contributed by atoms with Crippen LogP contribution >= 0.6 is 11.6 Å². The van der Waals surface area contributed by atoms with Crippen molar-refractivity contribution in [3.8, 4) is 0 Å². The molecule has 1 aromatic heterocycles. The van der Waals surface area contributed by atoms with Gasteiger partial charge in [-0.05, 0) is 31.7 Å². The first-order valence-corrected chi connectivity index (χ1v) is 6.22. The van der Waals surface area contributed by atoms with E-state index in [1.165, 1.54) is 0 Å². The molecule has 16 heavy (non-hydrogen) atoms. The van der Waals surface area contributed by atoms with Crippen LogP contribution in [0.15, 0.2) is 12.3 Å². The van der Waals surface area contributed by atoms with Gasteiger partial charge in [0.05, 0.1) is 0 Å². The fourth-order valence-corrected chi connectivity index (χ4v) is 2.40. The molecule has 4 nitrogen and oxygen atoms in total. The van der Waals surface area contributed by atoms with Crippen molar-refractivity contribution in [1.82, 2.24) is 15.1 Å². The van der Waals surface area contributed by atoms with Gasteiger partial charge < -0.3 is 4.90 Å². The Morgan fingerprint density at radius 1 is 1.69 bits per heavy atom. The molecule has 1 aliphatic rings. The summed E-state index contributed by atoms with van der Waals surface area (Å²) in [4.78, 5) is 14.0. The summed E-state index contributed by atoms with van der Waals surface area (Å²) in [5.74, 6) is 0.734. The highest BCUT2D eigenvalue weighted by Gasteiger charge is 2.29. The summed E-state index contributed by atoms with van der Waals surface area (Å²) >= 11 is 5.69. The molecule has 1 N–H and O–H groups in total. The summed E-state index contributed by atoms with van der Waals surface area (Å²) in [6, 6.07) is 2.08. The Hall–Kier alpha value is -1.03. The quantitative estimate of drug-likeness (QED) is 0.820. The fraction of sp³-hybridized carbons (Fsp3) is 0.636. The van der Waals surface area contributed by atoms with Crippen molar-refractivity contribution in [3.63, 3.8) is 0 Å². The molecule has 1 fully saturated rings. The van der Waals surface area contributed by atoms with E-state index in [1.807, 2.05) is 4.90 Å². The summed E-state index contributed by atoms with van der Waals surface area (Å²) in [7, 11) is 0. The average molecular weight is 242 g/mol. The highest BCUT2D eigenvalue weighted by atomic mass is 35.5. The summed E-state index contributed by atoms with van der Waals surface area (Å²) in [6.45, 7) is 0.852. The Morgan fingerprint density at radius 2 is 2.56 bits per heavy atom. The van der Waals surface area contributed by atoms with E-state index < -0.39 is 0 Å². The molecule has 1 atom stereocenters. The number of amides is 1. The van der Waals surface area contributed by atoms with E-state index in [0.717, 1.165) is 32.2 Å². The highest BCUT2D eigenvalue weighted by molar-refractivity contribution is 6.17. The molecule has 88 valence electrons. The van der Waals surface area contributed by atoms with Crippen molar-refractivity contribution in [3.05, 3.63) is 18.0 Å². The monoisotopic (exact) mass is 241 g/mol. The van der Waals surface area contributed by atoms with Gasteiger partial charge in [0.2, 0.25) is 0 Å². The summed E-state index contributed by atoms with van der Waals surface area (Å²) in [6.07, 6.45) is 5.77. The van der Waals surface area contributed by atoms with Gasteiger partial charge in [-0.3, -0.25) is 9.89 Å². The molecule has 2 heterocycles. The SMILES string of the molecule is O=C(c1ccn[nH]1)N1CCCC1CCCCl. The van der Waals surface area contributed by atoms with Crippen molar-refractivity contribution in [2.45, 2.75) is 31.7 Å². The number of carbonyl (C=O) groups excluding carboxylic acids is 1. The number of alkyl halides is 1. The maximum absolute atomic E-state index is 12.1. The number of nitrogens with zero attached hydrogens (tertiary/aromatic N) is 2. The van der Waals surface area contributed by atoms with Gasteiger partial charge in [0.25, 0.3) is 5.91 Å². The third-order valence-corrected chi connectivity index (χ3v) is 3.31. The van der Waals surface area contributed by atoms with E-state index in [-0.39, 0.29) is 5.91 Å². The summed E-state index contributed by atoms with van der Waals surface area (Å²) in [5, 5.41) is 6.53. The number of carbonyl (C=O) groups is 1. The van der Waals surface area contributed by atoms with Crippen molar-refractivity contribution in [2.75, 3.05) is 12.4 Å². The standard InChI is InChI=1S/C11H16ClN3O/c12-6-1-3-9-4-2-8-15(9)11(16)10-5-7-13-14-10/h5,7,9H,1-4,6,8H2,(H,13,14). The number of aromatic nitrogens is 2. The minimum atomic E-state index is 0.0644. The molecule has 1 saturated heterocycles. The second-order valence-corrected chi connectivity index (χ2v) is 4.47. The topological polar surface area (TPSA) is 49.0 Å². The van der Waals surface area contributed by atoms with E-state index in [2.05, 4.69) is 10.2 Å². The molecule has 0 radical (unpaired) electrons. The molecule has 2 rings (SSSR count). The smallest absolute Gasteiger partial charge is 0.272 e. The van der Waals surface area contributed by atoms with Crippen molar-refractivity contribution >= 4 is 17.5 Å². The van der Waals surface area contributed by atoms with Crippen LogP contribution in [-0.4, -0.2) is 39.5 Å². The van der Waals surface area contributed by atoms with Crippen LogP contribution < -0.4 is 0 Å². The minimum Gasteiger partial charge on any atom is -0.334 e. The van der Waals surface area contributed by atoms with Crippen LogP contribution in [0.4, 0.5) is 0 Å². The number of hydrogen-bond acceptors (Lipinski definition) is 2. The third-order valence-electron chi connectivity index (χ3n) is 3.04. The second kappa shape index (κ2) is 5.34. The van der Waals surface area contributed by atoms with Gasteiger partial charge in [-0.25, -0.2) is 0 Å². The Bertz CT molecular complexity index is 339. The van der Waals surface area contributed by atoms with Crippen LogP contribution in [0.5, 0.6) is 0 Å². The lowest BCUT2D eigenvalue weighted by Crippen LogP contribution is -2.35. The lowest BCUT2D eigenvalue weighted by molar-refractivity contribution is 0.0724. The van der Waals surface area contributed by atoms with Gasteiger partial charge in [-0.2, -0.15) is 5.10 Å². The predicted octanol–water partition coefficient (Wildman–Crippen LogP) is 2.03. The van der Waals surface area contributed by atoms with E-state index in [1.54, 1.807) is 12.3 Å². The zero-order valence-corrected chi connectivity index (χ0v) is 9.91. The van der Waals surface area contributed by atoms with Gasteiger partial charge in [-0.15, -0.1) is 11.6 Å². The first kappa shape index (κ1) is 11.5. The number of H-pyrrole nitrogens is 1. The molecule has 0 aliphatic carbocycles. The van der Waals surface area contributed by atoms with Crippen LogP contribution in [-0.2, 0) is 0 Å². The zero-order chi connectivity index (χ0) is 11.4. The van der Waals surface area contributed by atoms with Crippen LogP contribution in [0.25, 0.3) is 0 Å². The normalized spacial score (nSPS) is 20.3. The van der Waals surface area contributed by atoms with E-state index in [4.69, 9.17) is 11.6 Å². The molecule has 1 aromatic rings. The molecule has 1 aliphatic heterocycles. The number of halogens is 1. The molecule has 0 bridgehead atoms. The van der Waals surface area contributed by atoms with Gasteiger partial charge in [0, 0.05) is 24.7 Å². The van der Waals surface area contributed by atoms with Gasteiger partial charge in [0.1, 0.15) is 5.69 Å². The van der Waals surface area contributed by atoms with Crippen LogP contribution in [0.3, 0.4) is 0 Å². The molecule has 0 spiro atoms. The Morgan fingerprint density at radius 3 is 3.25 bits per heavy atom. The van der Waals surface area contributed by atoms with Crippen LogP contribution in [0.1, 0.15) is 36.2 Å². The molecule has 5 heteroatoms. The zero-order valence-electron chi connectivity index (χ0n) is 9.16. The number of aromatic amines is 1. The Labute approximate surface area is 100.0 Å². The molecule has 1 amide bonds. The lowest BCUT2D eigenvalue weighted by Gasteiger charge is -2.23. The second-order valence-electron chi connectivity index (χ2n) is 4.10. The van der Waals surface area contributed by atoms with Crippen LogP contribution in [0.2, 0.25) is 0 Å².